The molecule has 0 aliphatic heterocycles. The maximum absolute atomic E-state index is 0. The molecule has 7 nitrogen and oxygen atoms in total. The van der Waals surface area contributed by atoms with Gasteiger partial charge < -0.3 is 38.3 Å². The van der Waals surface area contributed by atoms with Crippen LogP contribution >= 0.6 is 0 Å². The average Bonchev–Trinajstić information content (AvgIpc) is 0. The first kappa shape index (κ1) is 395. The van der Waals surface area contributed by atoms with E-state index in [4.69, 9.17) is 0 Å². The zero-order valence-electron chi connectivity index (χ0n) is 4.51. The summed E-state index contributed by atoms with van der Waals surface area (Å²) in [7, 11) is 0. The zero-order valence-corrected chi connectivity index (χ0v) is 13.3. The minimum atomic E-state index is 0. The van der Waals surface area contributed by atoms with Crippen LogP contribution in [0.2, 0.25) is 0 Å². The Labute approximate surface area is 116 Å². The van der Waals surface area contributed by atoms with Crippen molar-refractivity contribution in [2.45, 2.75) is 0 Å². The molecule has 0 atom stereocenters. The van der Waals surface area contributed by atoms with Crippen LogP contribution in [-0.4, -0.2) is 0 Å². The van der Waals surface area contributed by atoms with Crippen molar-refractivity contribution in [3.63, 3.8) is 0 Å². The van der Waals surface area contributed by atoms with Gasteiger partial charge in [0.05, 0.1) is 0 Å². The van der Waals surface area contributed by atoms with Crippen molar-refractivity contribution in [2.75, 3.05) is 0 Å². The Morgan fingerprint density at radius 1 is 0.273 bits per heavy atom. The Bertz CT molecular complexity index is 14.4. The first-order chi connectivity index (χ1) is 0. The van der Waals surface area contributed by atoms with Crippen molar-refractivity contribution in [3.8, 4) is 0 Å². The minimum absolute atomic E-state index is 0. The van der Waals surface area contributed by atoms with Gasteiger partial charge in [-0.1, -0.05) is 0 Å². The van der Waals surface area contributed by atoms with Gasteiger partial charge in [0, 0.05) is 0 Å². The fourth-order valence-electron chi connectivity index (χ4n) is 0. The van der Waals surface area contributed by atoms with E-state index in [2.05, 4.69) is 0 Å². The molecule has 0 aliphatic carbocycles. The average molecular weight is 584 g/mol. The summed E-state index contributed by atoms with van der Waals surface area (Å²) in [6.07, 6.45) is 0. The molecule has 0 aromatic rings. The SMILES string of the molecule is [Mn+2].[Mn+2].[O-2].[O-2].[O-2].[O-2].[O-2].[O-2].[O-2].[Ta+5].[Ta+5]. The van der Waals surface area contributed by atoms with Crippen LogP contribution in [0.15, 0.2) is 0 Å². The van der Waals surface area contributed by atoms with E-state index >= 15 is 0 Å². The van der Waals surface area contributed by atoms with Crippen LogP contribution < -0.4 is 0 Å². The normalized spacial score (nSPS) is 0. The summed E-state index contributed by atoms with van der Waals surface area (Å²) in [6, 6.07) is 0. The van der Waals surface area contributed by atoms with Gasteiger partial charge in [-0.05, 0) is 0 Å². The van der Waals surface area contributed by atoms with E-state index in [1.807, 2.05) is 0 Å². The van der Waals surface area contributed by atoms with Crippen molar-refractivity contribution in [3.05, 3.63) is 0 Å². The van der Waals surface area contributed by atoms with Crippen LogP contribution in [0.25, 0.3) is 0 Å². The van der Waals surface area contributed by atoms with Gasteiger partial charge in [0.2, 0.25) is 0 Å². The molecule has 0 amide bonds. The third kappa shape index (κ3) is 256. The number of hydrogen-bond acceptors (Lipinski definition) is 0. The number of rotatable bonds is 0. The van der Waals surface area contributed by atoms with Crippen LogP contribution in [0.5, 0.6) is 0 Å². The Hall–Kier alpha value is 2.24. The van der Waals surface area contributed by atoms with Crippen molar-refractivity contribution in [2.24, 2.45) is 0 Å². The second kappa shape index (κ2) is 308. The number of hydrogen-bond donors (Lipinski definition) is 0. The van der Waals surface area contributed by atoms with Crippen molar-refractivity contribution in [1.29, 1.82) is 0 Å². The van der Waals surface area contributed by atoms with Crippen LogP contribution in [0, 0.1) is 0 Å². The second-order valence-electron chi connectivity index (χ2n) is 0. The Kier molecular flexibility index (Phi) is 11100. The van der Waals surface area contributed by atoms with Gasteiger partial charge in [0.1, 0.15) is 0 Å². The first-order valence-corrected chi connectivity index (χ1v) is 0. The Morgan fingerprint density at radius 3 is 0.273 bits per heavy atom. The molecule has 0 heterocycles. The maximum atomic E-state index is 0. The van der Waals surface area contributed by atoms with Gasteiger partial charge >= 0.3 is 78.9 Å². The van der Waals surface area contributed by atoms with Gasteiger partial charge in [-0.3, -0.25) is 0 Å². The van der Waals surface area contributed by atoms with E-state index in [1.165, 1.54) is 0 Å². The summed E-state index contributed by atoms with van der Waals surface area (Å²) in [6.45, 7) is 0. The van der Waals surface area contributed by atoms with Gasteiger partial charge in [0.15, 0.2) is 0 Å². The van der Waals surface area contributed by atoms with E-state index in [-0.39, 0.29) is 117 Å². The molecule has 0 saturated heterocycles. The van der Waals surface area contributed by atoms with E-state index in [0.717, 1.165) is 0 Å². The predicted molar refractivity (Wildman–Crippen MR) is 4.81 cm³/mol. The van der Waals surface area contributed by atoms with Crippen molar-refractivity contribution >= 4 is 0 Å². The molecule has 66 valence electrons. The molecule has 0 fully saturated rings. The van der Waals surface area contributed by atoms with Crippen LogP contribution in [-0.2, 0) is 117 Å². The molecule has 0 aromatic heterocycles. The third-order valence-corrected chi connectivity index (χ3v) is 0. The molecule has 0 spiro atoms. The van der Waals surface area contributed by atoms with Gasteiger partial charge in [-0.15, -0.1) is 0 Å². The predicted octanol–water partition coefficient (Wildman–Crippen LogP) is -0.842. The van der Waals surface area contributed by atoms with Crippen LogP contribution in [0.3, 0.4) is 0 Å². The summed E-state index contributed by atoms with van der Waals surface area (Å²) in [5.41, 5.74) is 0. The van der Waals surface area contributed by atoms with Gasteiger partial charge in [-0.25, -0.2) is 0 Å². The summed E-state index contributed by atoms with van der Waals surface area (Å²) >= 11 is 0. The fourth-order valence-corrected chi connectivity index (χ4v) is 0. The van der Waals surface area contributed by atoms with Crippen LogP contribution in [0.4, 0.5) is 0 Å². The minimum Gasteiger partial charge on any atom is -2.00 e. The van der Waals surface area contributed by atoms with E-state index in [9.17, 15) is 0 Å². The smallest absolute Gasteiger partial charge is 2.00 e. The second-order valence-corrected chi connectivity index (χ2v) is 0. The Morgan fingerprint density at radius 2 is 0.273 bits per heavy atom. The zero-order chi connectivity index (χ0) is 0. The largest absolute Gasteiger partial charge is 5.00 e. The molecule has 0 unspecified atom stereocenters. The fraction of sp³-hybridized carbons (Fsp3) is 0. The van der Waals surface area contributed by atoms with E-state index < -0.39 is 0 Å². The molecule has 0 N–H and O–H groups in total. The molecule has 0 aromatic carbocycles. The maximum Gasteiger partial charge on any atom is 5.00 e. The quantitative estimate of drug-likeness (QED) is 0.321. The summed E-state index contributed by atoms with van der Waals surface area (Å²) < 4.78 is 0. The topological polar surface area (TPSA) is 200 Å². The van der Waals surface area contributed by atoms with Crippen LogP contribution in [0.1, 0.15) is 0 Å². The molecule has 0 rings (SSSR count). The molecule has 0 saturated carbocycles. The van der Waals surface area contributed by atoms with E-state index in [1.54, 1.807) is 0 Å². The molecular weight excluding hydrogens is 584 g/mol. The van der Waals surface area contributed by atoms with Crippen molar-refractivity contribution < 1.29 is 117 Å². The molecular formula is Mn2O7Ta2. The molecule has 11 heavy (non-hydrogen) atoms. The van der Waals surface area contributed by atoms with Crippen molar-refractivity contribution in [1.82, 2.24) is 0 Å². The van der Waals surface area contributed by atoms with Gasteiger partial charge in [0.25, 0.3) is 0 Å². The monoisotopic (exact) mass is 584 g/mol. The molecule has 0 aliphatic rings. The summed E-state index contributed by atoms with van der Waals surface area (Å²) in [5, 5.41) is 0. The summed E-state index contributed by atoms with van der Waals surface area (Å²) in [5.74, 6) is 0. The van der Waals surface area contributed by atoms with Gasteiger partial charge in [-0.2, -0.15) is 0 Å². The van der Waals surface area contributed by atoms with E-state index in [0.29, 0.717) is 0 Å². The standard InChI is InChI=1S/2Mn.7O.2Ta/q2*+2;7*-2;2*+5. The Balaban J connectivity index is 0. The summed E-state index contributed by atoms with van der Waals surface area (Å²) in [4.78, 5) is 0. The molecule has 2 radical (unpaired) electrons. The third-order valence-electron chi connectivity index (χ3n) is 0. The molecule has 11 heteroatoms. The molecule has 0 bridgehead atoms. The first-order valence-electron chi connectivity index (χ1n) is 0.